The van der Waals surface area contributed by atoms with Crippen molar-refractivity contribution < 1.29 is 9.53 Å². The Morgan fingerprint density at radius 2 is 2.48 bits per heavy atom. The zero-order valence-electron chi connectivity index (χ0n) is 12.5. The second-order valence-corrected chi connectivity index (χ2v) is 6.65. The molecule has 0 N–H and O–H groups in total. The standard InChI is InChI=1S/C15H23N3O2S/c1-2-17(10-12-5-8-20-11-12)14(19)13-4-3-7-18(13)15-16-6-9-21-15/h6,9,12-13H,2-5,7-8,10-11H2,1H3/t12-,13+/m1/s1. The van der Waals surface area contributed by atoms with Crippen LogP contribution in [0.25, 0.3) is 0 Å². The molecule has 0 radical (unpaired) electrons. The molecule has 0 aromatic carbocycles. The smallest absolute Gasteiger partial charge is 0.245 e. The van der Waals surface area contributed by atoms with Crippen molar-refractivity contribution in [3.8, 4) is 0 Å². The van der Waals surface area contributed by atoms with Gasteiger partial charge in [0.2, 0.25) is 5.91 Å². The topological polar surface area (TPSA) is 45.7 Å². The molecule has 116 valence electrons. The van der Waals surface area contributed by atoms with Gasteiger partial charge in [0.1, 0.15) is 6.04 Å². The summed E-state index contributed by atoms with van der Waals surface area (Å²) in [5, 5.41) is 2.95. The molecular formula is C15H23N3O2S. The molecule has 0 aliphatic carbocycles. The van der Waals surface area contributed by atoms with Gasteiger partial charge in [0.25, 0.3) is 0 Å². The predicted molar refractivity (Wildman–Crippen MR) is 83.7 cm³/mol. The number of amides is 1. The molecule has 0 saturated carbocycles. The number of nitrogens with zero attached hydrogens (tertiary/aromatic N) is 3. The summed E-state index contributed by atoms with van der Waals surface area (Å²) in [6, 6.07) is -0.0292. The third-order valence-corrected chi connectivity index (χ3v) is 5.21. The Morgan fingerprint density at radius 3 is 3.14 bits per heavy atom. The molecule has 6 heteroatoms. The van der Waals surface area contributed by atoms with Crippen LogP contribution in [0.3, 0.4) is 0 Å². The molecule has 2 aliphatic rings. The van der Waals surface area contributed by atoms with Crippen molar-refractivity contribution in [3.63, 3.8) is 0 Å². The first-order valence-corrected chi connectivity index (χ1v) is 8.70. The number of anilines is 1. The van der Waals surface area contributed by atoms with E-state index < -0.39 is 0 Å². The molecule has 21 heavy (non-hydrogen) atoms. The van der Waals surface area contributed by atoms with E-state index in [2.05, 4.69) is 16.8 Å². The second-order valence-electron chi connectivity index (χ2n) is 5.77. The molecule has 2 fully saturated rings. The van der Waals surface area contributed by atoms with Crippen molar-refractivity contribution in [2.24, 2.45) is 5.92 Å². The Morgan fingerprint density at radius 1 is 1.57 bits per heavy atom. The Balaban J connectivity index is 1.66. The summed E-state index contributed by atoms with van der Waals surface area (Å²) in [6.45, 7) is 6.25. The van der Waals surface area contributed by atoms with Gasteiger partial charge >= 0.3 is 0 Å². The number of thiazole rings is 1. The number of likely N-dealkylation sites (N-methyl/N-ethyl adjacent to an activating group) is 1. The maximum atomic E-state index is 12.9. The summed E-state index contributed by atoms with van der Waals surface area (Å²) < 4.78 is 5.43. The minimum atomic E-state index is -0.0292. The van der Waals surface area contributed by atoms with Gasteiger partial charge in [0.15, 0.2) is 5.13 Å². The zero-order chi connectivity index (χ0) is 14.7. The summed E-state index contributed by atoms with van der Waals surface area (Å²) in [6.07, 6.45) is 4.90. The normalized spacial score (nSPS) is 25.5. The molecule has 1 aromatic rings. The summed E-state index contributed by atoms with van der Waals surface area (Å²) in [5.41, 5.74) is 0. The van der Waals surface area contributed by atoms with E-state index in [1.165, 1.54) is 0 Å². The van der Waals surface area contributed by atoms with Gasteiger partial charge in [-0.15, -0.1) is 11.3 Å². The van der Waals surface area contributed by atoms with Gasteiger partial charge in [-0.25, -0.2) is 4.98 Å². The third-order valence-electron chi connectivity index (χ3n) is 4.40. The summed E-state index contributed by atoms with van der Waals surface area (Å²) >= 11 is 1.62. The highest BCUT2D eigenvalue weighted by Crippen LogP contribution is 2.28. The zero-order valence-corrected chi connectivity index (χ0v) is 13.3. The number of ether oxygens (including phenoxy) is 1. The first kappa shape index (κ1) is 14.8. The highest BCUT2D eigenvalue weighted by molar-refractivity contribution is 7.13. The molecule has 3 rings (SSSR count). The lowest BCUT2D eigenvalue weighted by atomic mass is 10.1. The van der Waals surface area contributed by atoms with E-state index in [-0.39, 0.29) is 11.9 Å². The van der Waals surface area contributed by atoms with Crippen LogP contribution in [-0.4, -0.2) is 54.7 Å². The summed E-state index contributed by atoms with van der Waals surface area (Å²) in [7, 11) is 0. The van der Waals surface area contributed by atoms with E-state index in [0.29, 0.717) is 5.92 Å². The molecule has 0 bridgehead atoms. The lowest BCUT2D eigenvalue weighted by Gasteiger charge is -2.30. The highest BCUT2D eigenvalue weighted by atomic mass is 32.1. The van der Waals surface area contributed by atoms with Crippen molar-refractivity contribution in [1.82, 2.24) is 9.88 Å². The Kier molecular flexibility index (Phi) is 4.75. The monoisotopic (exact) mass is 309 g/mol. The van der Waals surface area contributed by atoms with Crippen LogP contribution < -0.4 is 4.90 Å². The molecule has 3 heterocycles. The van der Waals surface area contributed by atoms with Crippen LogP contribution in [0.15, 0.2) is 11.6 Å². The van der Waals surface area contributed by atoms with E-state index in [0.717, 1.165) is 57.2 Å². The Bertz CT molecular complexity index is 459. The maximum Gasteiger partial charge on any atom is 0.245 e. The van der Waals surface area contributed by atoms with Crippen molar-refractivity contribution in [2.45, 2.75) is 32.2 Å². The molecule has 1 amide bonds. The quantitative estimate of drug-likeness (QED) is 0.834. The fourth-order valence-electron chi connectivity index (χ4n) is 3.23. The fourth-order valence-corrected chi connectivity index (χ4v) is 3.95. The number of carbonyl (C=O) groups excluding carboxylic acids is 1. The van der Waals surface area contributed by atoms with E-state index in [9.17, 15) is 4.79 Å². The van der Waals surface area contributed by atoms with Gasteiger partial charge in [-0.05, 0) is 26.2 Å². The third kappa shape index (κ3) is 3.21. The van der Waals surface area contributed by atoms with Gasteiger partial charge in [-0.3, -0.25) is 4.79 Å². The van der Waals surface area contributed by atoms with Gasteiger partial charge in [0.05, 0.1) is 6.61 Å². The van der Waals surface area contributed by atoms with Crippen molar-refractivity contribution in [1.29, 1.82) is 0 Å². The van der Waals surface area contributed by atoms with E-state index in [1.54, 1.807) is 11.3 Å². The number of aromatic nitrogens is 1. The molecule has 0 unspecified atom stereocenters. The minimum absolute atomic E-state index is 0.0292. The van der Waals surface area contributed by atoms with Crippen LogP contribution in [-0.2, 0) is 9.53 Å². The average molecular weight is 309 g/mol. The lowest BCUT2D eigenvalue weighted by molar-refractivity contribution is -0.132. The molecule has 2 saturated heterocycles. The van der Waals surface area contributed by atoms with Gasteiger partial charge in [-0.2, -0.15) is 0 Å². The van der Waals surface area contributed by atoms with Crippen LogP contribution in [0.1, 0.15) is 26.2 Å². The molecule has 2 aliphatic heterocycles. The maximum absolute atomic E-state index is 12.9. The number of hydrogen-bond donors (Lipinski definition) is 0. The fraction of sp³-hybridized carbons (Fsp3) is 0.733. The van der Waals surface area contributed by atoms with E-state index >= 15 is 0 Å². The van der Waals surface area contributed by atoms with Crippen LogP contribution in [0, 0.1) is 5.92 Å². The molecule has 1 aromatic heterocycles. The molecule has 5 nitrogen and oxygen atoms in total. The van der Waals surface area contributed by atoms with Crippen LogP contribution >= 0.6 is 11.3 Å². The largest absolute Gasteiger partial charge is 0.381 e. The van der Waals surface area contributed by atoms with Crippen LogP contribution in [0.2, 0.25) is 0 Å². The number of carbonyl (C=O) groups is 1. The molecule has 0 spiro atoms. The van der Waals surface area contributed by atoms with Crippen LogP contribution in [0.4, 0.5) is 5.13 Å². The van der Waals surface area contributed by atoms with Crippen molar-refractivity contribution in [3.05, 3.63) is 11.6 Å². The Hall–Kier alpha value is -1.14. The predicted octanol–water partition coefficient (Wildman–Crippen LogP) is 2.00. The van der Waals surface area contributed by atoms with Gasteiger partial charge in [-0.1, -0.05) is 0 Å². The van der Waals surface area contributed by atoms with Gasteiger partial charge in [0, 0.05) is 43.7 Å². The minimum Gasteiger partial charge on any atom is -0.381 e. The number of rotatable bonds is 5. The van der Waals surface area contributed by atoms with E-state index in [1.807, 2.05) is 16.5 Å². The Labute approximate surface area is 129 Å². The first-order valence-electron chi connectivity index (χ1n) is 7.82. The lowest BCUT2D eigenvalue weighted by Crippen LogP contribution is -2.47. The second kappa shape index (κ2) is 6.75. The number of hydrogen-bond acceptors (Lipinski definition) is 5. The van der Waals surface area contributed by atoms with E-state index in [4.69, 9.17) is 4.74 Å². The summed E-state index contributed by atoms with van der Waals surface area (Å²) in [5.74, 6) is 0.765. The van der Waals surface area contributed by atoms with Crippen molar-refractivity contribution >= 4 is 22.4 Å². The SMILES string of the molecule is CCN(C[C@H]1CCOC1)C(=O)[C@@H]1CCCN1c1nccs1. The first-order chi connectivity index (χ1) is 10.3. The molecular weight excluding hydrogens is 286 g/mol. The summed E-state index contributed by atoms with van der Waals surface area (Å²) in [4.78, 5) is 21.5. The molecule has 2 atom stereocenters. The average Bonchev–Trinajstić information content (AvgIpc) is 3.25. The highest BCUT2D eigenvalue weighted by Gasteiger charge is 2.35. The van der Waals surface area contributed by atoms with Crippen molar-refractivity contribution in [2.75, 3.05) is 37.7 Å². The van der Waals surface area contributed by atoms with Crippen LogP contribution in [0.5, 0.6) is 0 Å². The van der Waals surface area contributed by atoms with Gasteiger partial charge < -0.3 is 14.5 Å².